The number of carbonyl (C=O) groups is 2. The molecule has 2 amide bonds. The summed E-state index contributed by atoms with van der Waals surface area (Å²) in [5, 5.41) is 14.6. The van der Waals surface area contributed by atoms with Crippen LogP contribution in [-0.4, -0.2) is 42.4 Å². The Hall–Kier alpha value is -1.30. The first kappa shape index (κ1) is 17.8. The summed E-state index contributed by atoms with van der Waals surface area (Å²) >= 11 is 0. The summed E-state index contributed by atoms with van der Waals surface area (Å²) in [6.07, 6.45) is 2.69. The van der Waals surface area contributed by atoms with E-state index in [9.17, 15) is 9.59 Å². The maximum absolute atomic E-state index is 11.9. The zero-order valence-electron chi connectivity index (χ0n) is 13.2. The Kier molecular flexibility index (Phi) is 7.50. The minimum absolute atomic E-state index is 0.0261. The van der Waals surface area contributed by atoms with E-state index in [1.807, 2.05) is 6.92 Å². The third kappa shape index (κ3) is 7.90. The Morgan fingerprint density at radius 1 is 1.38 bits per heavy atom. The van der Waals surface area contributed by atoms with Crippen molar-refractivity contribution in [3.63, 3.8) is 0 Å². The van der Waals surface area contributed by atoms with E-state index >= 15 is 0 Å². The molecule has 3 N–H and O–H groups in total. The summed E-state index contributed by atoms with van der Waals surface area (Å²) in [6.45, 7) is 7.17. The van der Waals surface area contributed by atoms with Crippen molar-refractivity contribution < 1.29 is 19.4 Å². The molecule has 6 heteroatoms. The fourth-order valence-corrected chi connectivity index (χ4v) is 2.76. The molecule has 0 bridgehead atoms. The van der Waals surface area contributed by atoms with Crippen LogP contribution in [0, 0.1) is 11.8 Å². The largest absolute Gasteiger partial charge is 0.481 e. The molecule has 1 rings (SSSR count). The summed E-state index contributed by atoms with van der Waals surface area (Å²) < 4.78 is 5.44. The van der Waals surface area contributed by atoms with E-state index in [1.54, 1.807) is 0 Å². The van der Waals surface area contributed by atoms with Crippen LogP contribution in [0.1, 0.15) is 46.5 Å². The van der Waals surface area contributed by atoms with Crippen LogP contribution < -0.4 is 10.6 Å². The number of amides is 2. The fraction of sp³-hybridized carbons (Fsp3) is 0.867. The van der Waals surface area contributed by atoms with Crippen molar-refractivity contribution in [3.05, 3.63) is 0 Å². The highest BCUT2D eigenvalue weighted by Crippen LogP contribution is 2.15. The van der Waals surface area contributed by atoms with E-state index in [-0.39, 0.29) is 30.5 Å². The van der Waals surface area contributed by atoms with Gasteiger partial charge in [-0.25, -0.2) is 4.79 Å². The van der Waals surface area contributed by atoms with Crippen molar-refractivity contribution in [3.8, 4) is 0 Å². The van der Waals surface area contributed by atoms with E-state index < -0.39 is 5.97 Å². The SMILES string of the molecule is CC(C)C[C@H](CNC(=O)NC1CCOC(C)C1)CC(=O)O. The van der Waals surface area contributed by atoms with Gasteiger partial charge in [-0.2, -0.15) is 0 Å². The maximum atomic E-state index is 11.9. The molecular weight excluding hydrogens is 272 g/mol. The van der Waals surface area contributed by atoms with Crippen LogP contribution in [0.4, 0.5) is 4.79 Å². The molecule has 122 valence electrons. The molecule has 1 saturated heterocycles. The lowest BCUT2D eigenvalue weighted by Gasteiger charge is -2.28. The van der Waals surface area contributed by atoms with Crippen molar-refractivity contribution in [1.82, 2.24) is 10.6 Å². The van der Waals surface area contributed by atoms with Crippen molar-refractivity contribution >= 4 is 12.0 Å². The molecule has 0 aromatic rings. The molecule has 0 radical (unpaired) electrons. The lowest BCUT2D eigenvalue weighted by atomic mass is 9.94. The minimum atomic E-state index is -0.818. The summed E-state index contributed by atoms with van der Waals surface area (Å²) in [5.41, 5.74) is 0. The molecule has 0 saturated carbocycles. The topological polar surface area (TPSA) is 87.7 Å². The minimum Gasteiger partial charge on any atom is -0.481 e. The smallest absolute Gasteiger partial charge is 0.315 e. The zero-order valence-corrected chi connectivity index (χ0v) is 13.2. The molecule has 1 heterocycles. The van der Waals surface area contributed by atoms with Crippen molar-refractivity contribution in [2.45, 2.75) is 58.6 Å². The van der Waals surface area contributed by atoms with Gasteiger partial charge in [0.1, 0.15) is 0 Å². The molecule has 1 fully saturated rings. The van der Waals surface area contributed by atoms with Crippen LogP contribution in [0.2, 0.25) is 0 Å². The standard InChI is InChI=1S/C15H28N2O4/c1-10(2)6-12(8-14(18)19)9-16-15(20)17-13-4-5-21-11(3)7-13/h10-13H,4-9H2,1-3H3,(H,18,19)(H2,16,17,20)/t11?,12-,13?/m0/s1. The normalized spacial score (nSPS) is 23.6. The highest BCUT2D eigenvalue weighted by atomic mass is 16.5. The second kappa shape index (κ2) is 8.87. The van der Waals surface area contributed by atoms with E-state index in [2.05, 4.69) is 24.5 Å². The highest BCUT2D eigenvalue weighted by Gasteiger charge is 2.21. The van der Waals surface area contributed by atoms with Crippen molar-refractivity contribution in [1.29, 1.82) is 0 Å². The van der Waals surface area contributed by atoms with Gasteiger partial charge in [-0.05, 0) is 38.0 Å². The van der Waals surface area contributed by atoms with E-state index in [0.717, 1.165) is 19.3 Å². The molecule has 21 heavy (non-hydrogen) atoms. The molecule has 6 nitrogen and oxygen atoms in total. The van der Waals surface area contributed by atoms with Crippen LogP contribution in [0.5, 0.6) is 0 Å². The van der Waals surface area contributed by atoms with Crippen molar-refractivity contribution in [2.75, 3.05) is 13.2 Å². The summed E-state index contributed by atoms with van der Waals surface area (Å²) in [4.78, 5) is 22.7. The Labute approximate surface area is 126 Å². The third-order valence-electron chi connectivity index (χ3n) is 3.64. The molecule has 1 aliphatic rings. The molecule has 0 aromatic carbocycles. The van der Waals surface area contributed by atoms with Gasteiger partial charge in [0.15, 0.2) is 0 Å². The lowest BCUT2D eigenvalue weighted by molar-refractivity contribution is -0.138. The second-order valence-electron chi connectivity index (χ2n) is 6.35. The number of hydrogen-bond acceptors (Lipinski definition) is 3. The van der Waals surface area contributed by atoms with E-state index in [0.29, 0.717) is 19.1 Å². The van der Waals surface area contributed by atoms with Crippen LogP contribution in [0.3, 0.4) is 0 Å². The van der Waals surface area contributed by atoms with Crippen LogP contribution >= 0.6 is 0 Å². The first-order valence-corrected chi connectivity index (χ1v) is 7.74. The summed E-state index contributed by atoms with van der Waals surface area (Å²) in [5.74, 6) is -0.432. The Morgan fingerprint density at radius 3 is 2.67 bits per heavy atom. The first-order chi connectivity index (χ1) is 9.86. The van der Waals surface area contributed by atoms with Gasteiger partial charge in [0, 0.05) is 25.6 Å². The lowest BCUT2D eigenvalue weighted by Crippen LogP contribution is -2.47. The predicted octanol–water partition coefficient (Wildman–Crippen LogP) is 1.99. The van der Waals surface area contributed by atoms with Gasteiger partial charge in [-0.3, -0.25) is 4.79 Å². The van der Waals surface area contributed by atoms with E-state index in [1.165, 1.54) is 0 Å². The quantitative estimate of drug-likeness (QED) is 0.671. The predicted molar refractivity (Wildman–Crippen MR) is 80.2 cm³/mol. The summed E-state index contributed by atoms with van der Waals surface area (Å²) in [7, 11) is 0. The average molecular weight is 300 g/mol. The van der Waals surface area contributed by atoms with Crippen LogP contribution in [0.25, 0.3) is 0 Å². The number of carboxylic acids is 1. The second-order valence-corrected chi connectivity index (χ2v) is 6.35. The van der Waals surface area contributed by atoms with Gasteiger partial charge >= 0.3 is 12.0 Å². The van der Waals surface area contributed by atoms with Gasteiger partial charge in [-0.15, -0.1) is 0 Å². The number of carboxylic acid groups (broad SMARTS) is 1. The molecule has 1 aliphatic heterocycles. The fourth-order valence-electron chi connectivity index (χ4n) is 2.76. The number of hydrogen-bond donors (Lipinski definition) is 3. The van der Waals surface area contributed by atoms with Gasteiger partial charge in [-0.1, -0.05) is 13.8 Å². The van der Waals surface area contributed by atoms with E-state index in [4.69, 9.17) is 9.84 Å². The molecule has 0 aromatic heterocycles. The third-order valence-corrected chi connectivity index (χ3v) is 3.64. The van der Waals surface area contributed by atoms with Gasteiger partial charge < -0.3 is 20.5 Å². The van der Waals surface area contributed by atoms with Gasteiger partial charge in [0.25, 0.3) is 0 Å². The zero-order chi connectivity index (χ0) is 15.8. The number of aliphatic carboxylic acids is 1. The van der Waals surface area contributed by atoms with Gasteiger partial charge in [0.05, 0.1) is 6.10 Å². The molecule has 2 unspecified atom stereocenters. The highest BCUT2D eigenvalue weighted by molar-refractivity contribution is 5.74. The molecular formula is C15H28N2O4. The summed E-state index contributed by atoms with van der Waals surface area (Å²) in [6, 6.07) is -0.0787. The Bertz CT molecular complexity index is 347. The maximum Gasteiger partial charge on any atom is 0.315 e. The number of carbonyl (C=O) groups excluding carboxylic acids is 1. The average Bonchev–Trinajstić information content (AvgIpc) is 2.34. The van der Waals surface area contributed by atoms with Crippen molar-refractivity contribution in [2.24, 2.45) is 11.8 Å². The van der Waals surface area contributed by atoms with Gasteiger partial charge in [0.2, 0.25) is 0 Å². The Balaban J connectivity index is 2.32. The molecule has 0 aliphatic carbocycles. The number of ether oxygens (including phenoxy) is 1. The first-order valence-electron chi connectivity index (χ1n) is 7.74. The number of rotatable bonds is 7. The van der Waals surface area contributed by atoms with Crippen LogP contribution in [-0.2, 0) is 9.53 Å². The number of nitrogens with one attached hydrogen (secondary N) is 2. The van der Waals surface area contributed by atoms with Crippen LogP contribution in [0.15, 0.2) is 0 Å². The Morgan fingerprint density at radius 2 is 2.10 bits per heavy atom. The number of urea groups is 1. The molecule has 3 atom stereocenters. The molecule has 0 spiro atoms. The monoisotopic (exact) mass is 300 g/mol.